The molecule has 2 saturated carbocycles. The van der Waals surface area contributed by atoms with Crippen LogP contribution >= 0.6 is 0 Å². The van der Waals surface area contributed by atoms with Gasteiger partial charge in [-0.25, -0.2) is 0 Å². The van der Waals surface area contributed by atoms with Gasteiger partial charge in [-0.3, -0.25) is 4.79 Å². The van der Waals surface area contributed by atoms with E-state index in [1.54, 1.807) is 0 Å². The highest BCUT2D eigenvalue weighted by Gasteiger charge is 2.22. The molecule has 0 heterocycles. The maximum absolute atomic E-state index is 12.1. The molecule has 22 heavy (non-hydrogen) atoms. The summed E-state index contributed by atoms with van der Waals surface area (Å²) in [5.41, 5.74) is 0.877. The summed E-state index contributed by atoms with van der Waals surface area (Å²) >= 11 is 0. The van der Waals surface area contributed by atoms with Crippen LogP contribution in [0.25, 0.3) is 0 Å². The number of hydrogen-bond acceptors (Lipinski definition) is 2. The summed E-state index contributed by atoms with van der Waals surface area (Å²) < 4.78 is 5.89. The predicted octanol–water partition coefficient (Wildman–Crippen LogP) is 4.77. The Morgan fingerprint density at radius 2 is 1.59 bits per heavy atom. The van der Waals surface area contributed by atoms with E-state index in [0.717, 1.165) is 36.8 Å². The van der Waals surface area contributed by atoms with E-state index in [0.29, 0.717) is 0 Å². The summed E-state index contributed by atoms with van der Waals surface area (Å²) in [6.45, 7) is 0.827. The minimum absolute atomic E-state index is 0.174. The summed E-state index contributed by atoms with van der Waals surface area (Å²) in [4.78, 5) is 12.1. The van der Waals surface area contributed by atoms with Crippen LogP contribution in [0.1, 0.15) is 57.8 Å². The van der Waals surface area contributed by atoms with Crippen LogP contribution in [-0.2, 0) is 4.79 Å². The molecule has 120 valence electrons. The number of rotatable bonds is 5. The van der Waals surface area contributed by atoms with Gasteiger partial charge in [0.2, 0.25) is 5.91 Å². The minimum atomic E-state index is 0.174. The molecule has 1 N–H and O–H groups in total. The van der Waals surface area contributed by atoms with Crippen LogP contribution in [0.15, 0.2) is 24.3 Å². The van der Waals surface area contributed by atoms with Gasteiger partial charge in [-0.1, -0.05) is 32.1 Å². The molecule has 0 bridgehead atoms. The summed E-state index contributed by atoms with van der Waals surface area (Å²) in [5.74, 6) is 2.01. The van der Waals surface area contributed by atoms with Gasteiger partial charge < -0.3 is 10.1 Å². The van der Waals surface area contributed by atoms with Crippen molar-refractivity contribution >= 4 is 11.6 Å². The van der Waals surface area contributed by atoms with Crippen LogP contribution < -0.4 is 10.1 Å². The van der Waals surface area contributed by atoms with Crippen LogP contribution in [-0.4, -0.2) is 12.5 Å². The third kappa shape index (κ3) is 4.25. The van der Waals surface area contributed by atoms with Gasteiger partial charge >= 0.3 is 0 Å². The number of hydrogen-bond donors (Lipinski definition) is 1. The number of ether oxygens (including phenoxy) is 1. The van der Waals surface area contributed by atoms with E-state index in [2.05, 4.69) is 5.32 Å². The predicted molar refractivity (Wildman–Crippen MR) is 89.1 cm³/mol. The van der Waals surface area contributed by atoms with Crippen molar-refractivity contribution in [3.8, 4) is 5.75 Å². The molecule has 0 unspecified atom stereocenters. The first-order chi connectivity index (χ1) is 10.8. The maximum atomic E-state index is 12.1. The lowest BCUT2D eigenvalue weighted by atomic mass is 9.90. The largest absolute Gasteiger partial charge is 0.493 e. The van der Waals surface area contributed by atoms with E-state index in [1.165, 1.54) is 44.9 Å². The zero-order valence-electron chi connectivity index (χ0n) is 13.4. The Morgan fingerprint density at radius 3 is 2.27 bits per heavy atom. The number of amides is 1. The quantitative estimate of drug-likeness (QED) is 0.850. The average Bonchev–Trinajstić information content (AvgIpc) is 3.10. The third-order valence-corrected chi connectivity index (χ3v) is 5.06. The summed E-state index contributed by atoms with van der Waals surface area (Å²) in [7, 11) is 0. The van der Waals surface area contributed by atoms with Crippen molar-refractivity contribution in [1.29, 1.82) is 0 Å². The molecule has 3 heteroatoms. The Balaban J connectivity index is 1.46. The molecule has 3 rings (SSSR count). The van der Waals surface area contributed by atoms with Crippen molar-refractivity contribution in [3.05, 3.63) is 24.3 Å². The van der Waals surface area contributed by atoms with E-state index >= 15 is 0 Å². The Bertz CT molecular complexity index is 471. The molecule has 2 aliphatic carbocycles. The van der Waals surface area contributed by atoms with E-state index in [-0.39, 0.29) is 11.8 Å². The topological polar surface area (TPSA) is 38.3 Å². The van der Waals surface area contributed by atoms with Crippen molar-refractivity contribution in [2.24, 2.45) is 11.8 Å². The second-order valence-electron chi connectivity index (χ2n) is 6.81. The number of carbonyl (C=O) groups excluding carboxylic acids is 1. The molecule has 2 aliphatic rings. The number of carbonyl (C=O) groups is 1. The molecule has 1 aromatic rings. The second-order valence-corrected chi connectivity index (χ2v) is 6.81. The van der Waals surface area contributed by atoms with E-state index < -0.39 is 0 Å². The van der Waals surface area contributed by atoms with Gasteiger partial charge in [0, 0.05) is 11.6 Å². The van der Waals surface area contributed by atoms with Gasteiger partial charge in [0.1, 0.15) is 5.75 Å². The normalized spacial score (nSPS) is 20.0. The van der Waals surface area contributed by atoms with Gasteiger partial charge in [0.25, 0.3) is 0 Å². The first kappa shape index (κ1) is 15.4. The average molecular weight is 301 g/mol. The molecule has 0 aromatic heterocycles. The smallest absolute Gasteiger partial charge is 0.227 e. The highest BCUT2D eigenvalue weighted by Crippen LogP contribution is 2.27. The Labute approximate surface area is 133 Å². The molecule has 0 spiro atoms. The second kappa shape index (κ2) is 7.66. The van der Waals surface area contributed by atoms with Crippen molar-refractivity contribution in [1.82, 2.24) is 0 Å². The molecule has 2 fully saturated rings. The molecule has 0 radical (unpaired) electrons. The fourth-order valence-electron chi connectivity index (χ4n) is 3.63. The van der Waals surface area contributed by atoms with Crippen LogP contribution in [0.3, 0.4) is 0 Å². The monoisotopic (exact) mass is 301 g/mol. The van der Waals surface area contributed by atoms with Gasteiger partial charge in [0.05, 0.1) is 6.61 Å². The van der Waals surface area contributed by atoms with E-state index in [1.807, 2.05) is 24.3 Å². The zero-order valence-corrected chi connectivity index (χ0v) is 13.4. The van der Waals surface area contributed by atoms with Crippen molar-refractivity contribution in [3.63, 3.8) is 0 Å². The van der Waals surface area contributed by atoms with Crippen LogP contribution in [0.4, 0.5) is 5.69 Å². The zero-order chi connectivity index (χ0) is 15.2. The van der Waals surface area contributed by atoms with E-state index in [4.69, 9.17) is 4.74 Å². The van der Waals surface area contributed by atoms with Gasteiger partial charge in [-0.05, 0) is 55.9 Å². The first-order valence-electron chi connectivity index (χ1n) is 8.85. The van der Waals surface area contributed by atoms with Crippen LogP contribution in [0.2, 0.25) is 0 Å². The fraction of sp³-hybridized carbons (Fsp3) is 0.632. The highest BCUT2D eigenvalue weighted by molar-refractivity contribution is 5.92. The van der Waals surface area contributed by atoms with Crippen molar-refractivity contribution < 1.29 is 9.53 Å². The van der Waals surface area contributed by atoms with E-state index in [9.17, 15) is 4.79 Å². The minimum Gasteiger partial charge on any atom is -0.493 e. The lowest BCUT2D eigenvalue weighted by Crippen LogP contribution is -2.20. The Hall–Kier alpha value is -1.51. The first-order valence-corrected chi connectivity index (χ1v) is 8.85. The summed E-state index contributed by atoms with van der Waals surface area (Å²) in [5, 5.41) is 3.02. The molecule has 1 amide bonds. The fourth-order valence-corrected chi connectivity index (χ4v) is 3.63. The van der Waals surface area contributed by atoms with Crippen LogP contribution in [0.5, 0.6) is 5.75 Å². The summed E-state index contributed by atoms with van der Waals surface area (Å²) in [6, 6.07) is 7.83. The lowest BCUT2D eigenvalue weighted by molar-refractivity contribution is -0.119. The third-order valence-electron chi connectivity index (χ3n) is 5.06. The number of anilines is 1. The molecule has 1 aromatic carbocycles. The summed E-state index contributed by atoms with van der Waals surface area (Å²) in [6.07, 6.45) is 11.1. The molecular formula is C19H27NO2. The van der Waals surface area contributed by atoms with Crippen molar-refractivity contribution in [2.45, 2.75) is 57.8 Å². The van der Waals surface area contributed by atoms with Gasteiger partial charge in [0.15, 0.2) is 0 Å². The SMILES string of the molecule is O=C(Nc1ccc(OCC2CCCCC2)cc1)C1CCCC1. The number of nitrogens with one attached hydrogen (secondary N) is 1. The van der Waals surface area contributed by atoms with Crippen molar-refractivity contribution in [2.75, 3.05) is 11.9 Å². The molecular weight excluding hydrogens is 274 g/mol. The Morgan fingerprint density at radius 1 is 0.955 bits per heavy atom. The molecule has 0 saturated heterocycles. The molecule has 3 nitrogen and oxygen atoms in total. The van der Waals surface area contributed by atoms with Gasteiger partial charge in [-0.15, -0.1) is 0 Å². The molecule has 0 atom stereocenters. The van der Waals surface area contributed by atoms with Crippen LogP contribution in [0, 0.1) is 11.8 Å². The standard InChI is InChI=1S/C19H27NO2/c21-19(16-8-4-5-9-16)20-17-10-12-18(13-11-17)22-14-15-6-2-1-3-7-15/h10-13,15-16H,1-9,14H2,(H,20,21). The van der Waals surface area contributed by atoms with Gasteiger partial charge in [-0.2, -0.15) is 0 Å². The Kier molecular flexibility index (Phi) is 5.36. The lowest BCUT2D eigenvalue weighted by Gasteiger charge is -2.21. The highest BCUT2D eigenvalue weighted by atomic mass is 16.5. The molecule has 0 aliphatic heterocycles. The number of benzene rings is 1. The maximum Gasteiger partial charge on any atom is 0.227 e.